The number of amides is 1. The number of carbonyl (C=O) groups is 1. The standard InChI is InChI=1S/C89H171NO13/c1-3-5-7-9-11-13-15-17-19-21-23-25-27-29-31-33-35-36-37-38-39-40-41-43-45-47-49-51-53-55-57-59-61-63-65-67-69-71-73-81(94)90-77(76-100-88-86(99)84(97)87(80(75-92)102-88)103-89-85(98)83(96)82(95)79(74-91)101-89)78(93)72-70-68-66-64-62-60-58-56-54-52-50-48-46-44-42-34-32-30-28-26-24-22-20-18-16-14-12-10-8-6-4-2/h62,64,70,72,77-80,82-89,91-93,95-99H,3-61,63,65-69,71,73-76H2,1-2H3,(H,90,94)/b64-62+,72-70+. The number of hydrogen-bond donors (Lipinski definition) is 9. The number of nitrogens with one attached hydrogen (secondary N) is 1. The molecule has 0 saturated carbocycles. The van der Waals surface area contributed by atoms with Crippen molar-refractivity contribution >= 4 is 5.91 Å². The highest BCUT2D eigenvalue weighted by Gasteiger charge is 2.51. The van der Waals surface area contributed by atoms with Crippen LogP contribution in [0.1, 0.15) is 444 Å². The summed E-state index contributed by atoms with van der Waals surface area (Å²) < 4.78 is 22.9. The second kappa shape index (κ2) is 73.3. The number of hydrogen-bond acceptors (Lipinski definition) is 13. The Kier molecular flexibility index (Phi) is 69.4. The number of ether oxygens (including phenoxy) is 4. The van der Waals surface area contributed by atoms with E-state index in [1.807, 2.05) is 6.08 Å². The normalized spacial score (nSPS) is 21.6. The Morgan fingerprint density at radius 1 is 0.340 bits per heavy atom. The van der Waals surface area contributed by atoms with E-state index in [1.165, 1.54) is 379 Å². The average molecular weight is 1460 g/mol. The van der Waals surface area contributed by atoms with Crippen LogP contribution < -0.4 is 5.32 Å². The summed E-state index contributed by atoms with van der Waals surface area (Å²) >= 11 is 0. The zero-order valence-electron chi connectivity index (χ0n) is 67.4. The summed E-state index contributed by atoms with van der Waals surface area (Å²) in [6.07, 6.45) is 80.3. The fourth-order valence-corrected chi connectivity index (χ4v) is 15.3. The Balaban J connectivity index is 1.57. The van der Waals surface area contributed by atoms with Crippen LogP contribution >= 0.6 is 0 Å². The van der Waals surface area contributed by atoms with E-state index in [4.69, 9.17) is 18.9 Å². The molecule has 12 unspecified atom stereocenters. The van der Waals surface area contributed by atoms with Gasteiger partial charge >= 0.3 is 0 Å². The summed E-state index contributed by atoms with van der Waals surface area (Å²) in [6, 6.07) is -0.931. The van der Waals surface area contributed by atoms with Gasteiger partial charge in [-0.1, -0.05) is 430 Å². The smallest absolute Gasteiger partial charge is 0.220 e. The van der Waals surface area contributed by atoms with Gasteiger partial charge in [0.25, 0.3) is 0 Å². The first-order valence-corrected chi connectivity index (χ1v) is 45.1. The van der Waals surface area contributed by atoms with Crippen LogP contribution in [0.25, 0.3) is 0 Å². The van der Waals surface area contributed by atoms with E-state index in [0.717, 1.165) is 32.1 Å². The predicted molar refractivity (Wildman–Crippen MR) is 429 cm³/mol. The minimum Gasteiger partial charge on any atom is -0.394 e. The molecule has 1 amide bonds. The van der Waals surface area contributed by atoms with E-state index >= 15 is 0 Å². The topological polar surface area (TPSA) is 228 Å². The highest BCUT2D eigenvalue weighted by molar-refractivity contribution is 5.76. The second-order valence-electron chi connectivity index (χ2n) is 32.1. The maximum Gasteiger partial charge on any atom is 0.220 e. The predicted octanol–water partition coefficient (Wildman–Crippen LogP) is 21.8. The quantitative estimate of drug-likeness (QED) is 0.0204. The van der Waals surface area contributed by atoms with E-state index in [1.54, 1.807) is 6.08 Å². The molecule has 0 aliphatic carbocycles. The van der Waals surface area contributed by atoms with Gasteiger partial charge in [0.15, 0.2) is 12.6 Å². The molecule has 0 aromatic carbocycles. The highest BCUT2D eigenvalue weighted by Crippen LogP contribution is 2.31. The van der Waals surface area contributed by atoms with Crippen molar-refractivity contribution in [2.75, 3.05) is 19.8 Å². The highest BCUT2D eigenvalue weighted by atomic mass is 16.7. The van der Waals surface area contributed by atoms with Crippen LogP contribution in [-0.2, 0) is 23.7 Å². The molecule has 103 heavy (non-hydrogen) atoms. The molecule has 2 fully saturated rings. The van der Waals surface area contributed by atoms with Crippen molar-refractivity contribution in [2.24, 2.45) is 0 Å². The fourth-order valence-electron chi connectivity index (χ4n) is 15.3. The second-order valence-corrected chi connectivity index (χ2v) is 32.1. The van der Waals surface area contributed by atoms with Crippen molar-refractivity contribution in [1.29, 1.82) is 0 Å². The molecule has 2 heterocycles. The van der Waals surface area contributed by atoms with Gasteiger partial charge in [0.1, 0.15) is 48.8 Å². The van der Waals surface area contributed by atoms with Gasteiger partial charge in [-0.25, -0.2) is 0 Å². The van der Waals surface area contributed by atoms with Gasteiger partial charge in [0.2, 0.25) is 5.91 Å². The first-order chi connectivity index (χ1) is 50.6. The van der Waals surface area contributed by atoms with Gasteiger partial charge in [0.05, 0.1) is 32.0 Å². The van der Waals surface area contributed by atoms with Crippen LogP contribution in [0.3, 0.4) is 0 Å². The van der Waals surface area contributed by atoms with Crippen LogP contribution in [0.4, 0.5) is 0 Å². The van der Waals surface area contributed by atoms with Gasteiger partial charge in [-0.3, -0.25) is 4.79 Å². The molecule has 0 spiro atoms. The van der Waals surface area contributed by atoms with Crippen molar-refractivity contribution < 1.29 is 64.6 Å². The Hall–Kier alpha value is -1.53. The summed E-state index contributed by atoms with van der Waals surface area (Å²) in [7, 11) is 0. The van der Waals surface area contributed by atoms with Crippen molar-refractivity contribution in [3.05, 3.63) is 24.3 Å². The van der Waals surface area contributed by atoms with E-state index in [9.17, 15) is 45.6 Å². The first-order valence-electron chi connectivity index (χ1n) is 45.1. The van der Waals surface area contributed by atoms with E-state index in [-0.39, 0.29) is 18.9 Å². The lowest BCUT2D eigenvalue weighted by Crippen LogP contribution is -2.65. The zero-order chi connectivity index (χ0) is 74.4. The Morgan fingerprint density at radius 3 is 0.951 bits per heavy atom. The van der Waals surface area contributed by atoms with E-state index in [2.05, 4.69) is 31.3 Å². The molecule has 0 radical (unpaired) electrons. The number of aliphatic hydroxyl groups is 8. The summed E-state index contributed by atoms with van der Waals surface area (Å²) in [5.74, 6) is -0.238. The molecule has 12 atom stereocenters. The lowest BCUT2D eigenvalue weighted by Gasteiger charge is -2.46. The third-order valence-electron chi connectivity index (χ3n) is 22.4. The molecule has 2 saturated heterocycles. The molecule has 9 N–H and O–H groups in total. The molecule has 2 aliphatic heterocycles. The third-order valence-corrected chi connectivity index (χ3v) is 22.4. The van der Waals surface area contributed by atoms with Crippen LogP contribution in [-0.4, -0.2) is 140 Å². The molecular formula is C89H171NO13. The van der Waals surface area contributed by atoms with Crippen molar-refractivity contribution in [1.82, 2.24) is 5.32 Å². The number of carbonyl (C=O) groups excluding carboxylic acids is 1. The first kappa shape index (κ1) is 97.5. The number of allylic oxidation sites excluding steroid dienone is 3. The molecule has 2 aliphatic rings. The van der Waals surface area contributed by atoms with Crippen LogP contribution in [0.5, 0.6) is 0 Å². The third kappa shape index (κ3) is 55.5. The average Bonchev–Trinajstić information content (AvgIpc) is 0.791. The number of rotatable bonds is 78. The molecule has 14 nitrogen and oxygen atoms in total. The van der Waals surface area contributed by atoms with Gasteiger partial charge in [-0.15, -0.1) is 0 Å². The van der Waals surface area contributed by atoms with Gasteiger partial charge in [0, 0.05) is 6.42 Å². The van der Waals surface area contributed by atoms with Gasteiger partial charge in [-0.2, -0.15) is 0 Å². The van der Waals surface area contributed by atoms with Crippen molar-refractivity contribution in [3.63, 3.8) is 0 Å². The lowest BCUT2D eigenvalue weighted by molar-refractivity contribution is -0.359. The fraction of sp³-hybridized carbons (Fsp3) is 0.944. The van der Waals surface area contributed by atoms with E-state index < -0.39 is 86.8 Å². The summed E-state index contributed by atoms with van der Waals surface area (Å²) in [5, 5.41) is 87.8. The lowest BCUT2D eigenvalue weighted by atomic mass is 9.97. The van der Waals surface area contributed by atoms with Crippen molar-refractivity contribution in [3.8, 4) is 0 Å². The van der Waals surface area contributed by atoms with Crippen LogP contribution in [0.15, 0.2) is 24.3 Å². The maximum atomic E-state index is 13.4. The zero-order valence-corrected chi connectivity index (χ0v) is 67.4. The van der Waals surface area contributed by atoms with Gasteiger partial charge in [-0.05, 0) is 32.1 Å². The summed E-state index contributed by atoms with van der Waals surface area (Å²) in [5.41, 5.74) is 0. The molecule has 0 aromatic rings. The minimum absolute atomic E-state index is 0.238. The molecule has 14 heteroatoms. The van der Waals surface area contributed by atoms with E-state index in [0.29, 0.717) is 12.8 Å². The largest absolute Gasteiger partial charge is 0.394 e. The Labute approximate surface area is 634 Å². The summed E-state index contributed by atoms with van der Waals surface area (Å²) in [4.78, 5) is 13.4. The molecule has 0 bridgehead atoms. The molecule has 610 valence electrons. The van der Waals surface area contributed by atoms with Crippen LogP contribution in [0, 0.1) is 0 Å². The summed E-state index contributed by atoms with van der Waals surface area (Å²) in [6.45, 7) is 2.87. The molecule has 2 rings (SSSR count). The van der Waals surface area contributed by atoms with Crippen molar-refractivity contribution in [2.45, 2.75) is 518 Å². The number of aliphatic hydroxyl groups excluding tert-OH is 8. The monoisotopic (exact) mass is 1460 g/mol. The maximum absolute atomic E-state index is 13.4. The Bertz CT molecular complexity index is 1820. The van der Waals surface area contributed by atoms with Crippen LogP contribution in [0.2, 0.25) is 0 Å². The molecule has 0 aromatic heterocycles. The number of unbranched alkanes of at least 4 members (excludes halogenated alkanes) is 63. The van der Waals surface area contributed by atoms with Gasteiger partial charge < -0.3 is 65.1 Å². The minimum atomic E-state index is -1.79. The SMILES string of the molecule is CCCCCCCCCCCCCCCCCCCCCCCCCCC/C=C/CC/C=C/C(O)C(COC1OC(CO)C(OC2OC(CO)C(O)C(O)C2O)C(O)C1O)NC(=O)CCCCCCCCCCCCCCCCCCCCCCCCCCCCCCCCCCCCCCCC. The molecular weight excluding hydrogens is 1290 g/mol. The Morgan fingerprint density at radius 2 is 0.621 bits per heavy atom.